The third kappa shape index (κ3) is 3.72. The Kier molecular flexibility index (Phi) is 4.41. The molecule has 0 aliphatic rings. The zero-order valence-corrected chi connectivity index (χ0v) is 11.3. The van der Waals surface area contributed by atoms with E-state index in [0.717, 1.165) is 22.9 Å². The Morgan fingerprint density at radius 1 is 1.21 bits per heavy atom. The van der Waals surface area contributed by atoms with E-state index in [2.05, 4.69) is 5.10 Å². The maximum absolute atomic E-state index is 5.61. The van der Waals surface area contributed by atoms with Gasteiger partial charge in [0.15, 0.2) is 0 Å². The van der Waals surface area contributed by atoms with E-state index in [4.69, 9.17) is 15.2 Å². The van der Waals surface area contributed by atoms with Crippen LogP contribution in [0, 0.1) is 6.92 Å². The van der Waals surface area contributed by atoms with E-state index in [1.54, 1.807) is 4.68 Å². The lowest BCUT2D eigenvalue weighted by Crippen LogP contribution is -2.11. The molecular formula is C14H19N3O2. The number of hydrogen-bond donors (Lipinski definition) is 1. The molecule has 0 bridgehead atoms. The Bertz CT molecular complexity index is 537. The summed E-state index contributed by atoms with van der Waals surface area (Å²) in [4.78, 5) is 0. The minimum atomic E-state index is 0.478. The van der Waals surface area contributed by atoms with E-state index in [9.17, 15) is 0 Å². The average molecular weight is 261 g/mol. The molecule has 0 unspecified atom stereocenters. The van der Waals surface area contributed by atoms with Crippen LogP contribution in [0.4, 0.5) is 0 Å². The molecule has 0 aliphatic heterocycles. The van der Waals surface area contributed by atoms with Crippen molar-refractivity contribution in [1.29, 1.82) is 0 Å². The quantitative estimate of drug-likeness (QED) is 0.803. The fourth-order valence-electron chi connectivity index (χ4n) is 1.79. The second-order valence-corrected chi connectivity index (χ2v) is 4.30. The highest BCUT2D eigenvalue weighted by atomic mass is 16.5. The molecule has 0 saturated carbocycles. The molecule has 2 N–H and O–H groups in total. The molecule has 102 valence electrons. The first kappa shape index (κ1) is 13.4. The molecule has 0 fully saturated rings. The minimum absolute atomic E-state index is 0.478. The largest absolute Gasteiger partial charge is 0.490 e. The lowest BCUT2D eigenvalue weighted by Gasteiger charge is -2.09. The van der Waals surface area contributed by atoms with Crippen molar-refractivity contribution in [2.45, 2.75) is 13.5 Å². The summed E-state index contributed by atoms with van der Waals surface area (Å²) >= 11 is 0. The number of hydrogen-bond acceptors (Lipinski definition) is 4. The van der Waals surface area contributed by atoms with E-state index >= 15 is 0 Å². The molecule has 5 nitrogen and oxygen atoms in total. The van der Waals surface area contributed by atoms with Crippen molar-refractivity contribution in [3.8, 4) is 11.6 Å². The highest BCUT2D eigenvalue weighted by molar-refractivity contribution is 5.28. The molecule has 0 amide bonds. The molecule has 0 aliphatic carbocycles. The summed E-state index contributed by atoms with van der Waals surface area (Å²) in [7, 11) is 1.86. The maximum atomic E-state index is 5.61. The van der Waals surface area contributed by atoms with Crippen LogP contribution >= 0.6 is 0 Å². The van der Waals surface area contributed by atoms with E-state index in [0.29, 0.717) is 19.8 Å². The number of aromatic nitrogens is 2. The van der Waals surface area contributed by atoms with Gasteiger partial charge in [0.25, 0.3) is 0 Å². The molecule has 0 spiro atoms. The molecule has 5 heteroatoms. The van der Waals surface area contributed by atoms with Crippen molar-refractivity contribution in [2.75, 3.05) is 13.2 Å². The van der Waals surface area contributed by atoms with Crippen LogP contribution in [0.25, 0.3) is 0 Å². The smallest absolute Gasteiger partial charge is 0.211 e. The summed E-state index contributed by atoms with van der Waals surface area (Å²) in [5.41, 5.74) is 7.57. The zero-order chi connectivity index (χ0) is 13.7. The van der Waals surface area contributed by atoms with Crippen molar-refractivity contribution in [3.63, 3.8) is 0 Å². The summed E-state index contributed by atoms with van der Waals surface area (Å²) in [6.07, 6.45) is 0. The van der Waals surface area contributed by atoms with Crippen LogP contribution in [0.2, 0.25) is 0 Å². The van der Waals surface area contributed by atoms with Gasteiger partial charge in [-0.1, -0.05) is 12.1 Å². The molecule has 19 heavy (non-hydrogen) atoms. The molecule has 2 aromatic rings. The summed E-state index contributed by atoms with van der Waals surface area (Å²) in [6, 6.07) is 9.65. The molecular weight excluding hydrogens is 242 g/mol. The van der Waals surface area contributed by atoms with Gasteiger partial charge in [0, 0.05) is 19.7 Å². The van der Waals surface area contributed by atoms with Gasteiger partial charge in [-0.2, -0.15) is 5.10 Å². The topological polar surface area (TPSA) is 62.3 Å². The van der Waals surface area contributed by atoms with Crippen LogP contribution in [0.1, 0.15) is 11.3 Å². The summed E-state index contributed by atoms with van der Waals surface area (Å²) < 4.78 is 12.9. The lowest BCUT2D eigenvalue weighted by molar-refractivity contribution is 0.206. The van der Waals surface area contributed by atoms with Crippen molar-refractivity contribution in [2.24, 2.45) is 12.8 Å². The lowest BCUT2D eigenvalue weighted by atomic mass is 10.2. The summed E-state index contributed by atoms with van der Waals surface area (Å²) in [5.74, 6) is 1.56. The van der Waals surface area contributed by atoms with Crippen LogP contribution in [-0.4, -0.2) is 23.0 Å². The Hall–Kier alpha value is -2.01. The fourth-order valence-corrected chi connectivity index (χ4v) is 1.79. The summed E-state index contributed by atoms with van der Waals surface area (Å²) in [6.45, 7) is 3.41. The zero-order valence-electron chi connectivity index (χ0n) is 11.3. The highest BCUT2D eigenvalue weighted by Crippen LogP contribution is 2.13. The van der Waals surface area contributed by atoms with Crippen LogP contribution in [0.15, 0.2) is 30.3 Å². The fraction of sp³-hybridized carbons (Fsp3) is 0.357. The van der Waals surface area contributed by atoms with Gasteiger partial charge < -0.3 is 15.2 Å². The van der Waals surface area contributed by atoms with Crippen LogP contribution < -0.4 is 15.2 Å². The molecule has 0 radical (unpaired) electrons. The van der Waals surface area contributed by atoms with Crippen molar-refractivity contribution in [3.05, 3.63) is 41.6 Å². The standard InChI is InChI=1S/C14H19N3O2/c1-11-8-14(17(2)16-11)19-7-6-18-13-5-3-4-12(9-13)10-15/h3-5,8-9H,6-7,10,15H2,1-2H3. The predicted molar refractivity (Wildman–Crippen MR) is 73.3 cm³/mol. The van der Waals surface area contributed by atoms with Crippen molar-refractivity contribution < 1.29 is 9.47 Å². The van der Waals surface area contributed by atoms with Gasteiger partial charge in [0.1, 0.15) is 19.0 Å². The van der Waals surface area contributed by atoms with Gasteiger partial charge in [-0.25, -0.2) is 4.68 Å². The first-order valence-electron chi connectivity index (χ1n) is 6.24. The highest BCUT2D eigenvalue weighted by Gasteiger charge is 2.02. The average Bonchev–Trinajstić information content (AvgIpc) is 2.73. The first-order valence-corrected chi connectivity index (χ1v) is 6.24. The van der Waals surface area contributed by atoms with Gasteiger partial charge in [0.2, 0.25) is 5.88 Å². The first-order chi connectivity index (χ1) is 9.19. The number of rotatable bonds is 6. The SMILES string of the molecule is Cc1cc(OCCOc2cccc(CN)c2)n(C)n1. The van der Waals surface area contributed by atoms with Crippen molar-refractivity contribution >= 4 is 0 Å². The van der Waals surface area contributed by atoms with Crippen LogP contribution in [-0.2, 0) is 13.6 Å². The van der Waals surface area contributed by atoms with E-state index < -0.39 is 0 Å². The maximum Gasteiger partial charge on any atom is 0.211 e. The molecule has 2 rings (SSSR count). The van der Waals surface area contributed by atoms with Gasteiger partial charge in [-0.05, 0) is 24.6 Å². The second-order valence-electron chi connectivity index (χ2n) is 4.30. The third-order valence-corrected chi connectivity index (χ3v) is 2.70. The number of ether oxygens (including phenoxy) is 2. The van der Waals surface area contributed by atoms with Gasteiger partial charge in [-0.3, -0.25) is 0 Å². The number of benzene rings is 1. The van der Waals surface area contributed by atoms with E-state index in [1.807, 2.05) is 44.3 Å². The third-order valence-electron chi connectivity index (χ3n) is 2.70. The van der Waals surface area contributed by atoms with Gasteiger partial charge >= 0.3 is 0 Å². The van der Waals surface area contributed by atoms with Crippen LogP contribution in [0.3, 0.4) is 0 Å². The Balaban J connectivity index is 1.79. The monoisotopic (exact) mass is 261 g/mol. The Labute approximate surface area is 112 Å². The Morgan fingerprint density at radius 3 is 2.68 bits per heavy atom. The normalized spacial score (nSPS) is 10.5. The number of nitrogens with two attached hydrogens (primary N) is 1. The molecule has 1 aromatic heterocycles. The molecule has 1 heterocycles. The van der Waals surface area contributed by atoms with E-state index in [-0.39, 0.29) is 0 Å². The Morgan fingerprint density at radius 2 is 2.00 bits per heavy atom. The van der Waals surface area contributed by atoms with Gasteiger partial charge in [-0.15, -0.1) is 0 Å². The predicted octanol–water partition coefficient (Wildman–Crippen LogP) is 1.65. The molecule has 1 aromatic carbocycles. The second kappa shape index (κ2) is 6.24. The van der Waals surface area contributed by atoms with Gasteiger partial charge in [0.05, 0.1) is 5.69 Å². The van der Waals surface area contributed by atoms with E-state index in [1.165, 1.54) is 0 Å². The molecule has 0 atom stereocenters. The summed E-state index contributed by atoms with van der Waals surface area (Å²) in [5, 5.41) is 4.21. The molecule has 0 saturated heterocycles. The van der Waals surface area contributed by atoms with Crippen molar-refractivity contribution in [1.82, 2.24) is 9.78 Å². The number of nitrogens with zero attached hydrogens (tertiary/aromatic N) is 2. The minimum Gasteiger partial charge on any atom is -0.490 e. The number of aryl methyl sites for hydroxylation is 2. The van der Waals surface area contributed by atoms with Crippen LogP contribution in [0.5, 0.6) is 11.6 Å².